The molecule has 1 nitrogen and oxygen atoms in total. The zero-order valence-electron chi connectivity index (χ0n) is 19.8. The summed E-state index contributed by atoms with van der Waals surface area (Å²) in [5.41, 5.74) is 6.22. The molecule has 0 aliphatic heterocycles. The van der Waals surface area contributed by atoms with Crippen molar-refractivity contribution in [1.29, 1.82) is 0 Å². The summed E-state index contributed by atoms with van der Waals surface area (Å²) >= 11 is 0. The average molecular weight is 453 g/mol. The van der Waals surface area contributed by atoms with Gasteiger partial charge < -0.3 is 0 Å². The van der Waals surface area contributed by atoms with Gasteiger partial charge in [0.2, 0.25) is 0 Å². The molecular weight excluding hydrogens is 424 g/mol. The lowest BCUT2D eigenvalue weighted by atomic mass is 9.94. The van der Waals surface area contributed by atoms with Gasteiger partial charge in [-0.1, -0.05) is 141 Å². The van der Waals surface area contributed by atoms with Gasteiger partial charge in [-0.3, -0.25) is 4.79 Å². The topological polar surface area (TPSA) is 17.1 Å². The van der Waals surface area contributed by atoms with Crippen LogP contribution in [-0.4, -0.2) is 5.78 Å². The molecule has 0 saturated heterocycles. The number of ketones is 1. The largest absolute Gasteiger partial charge is 0.289 e. The summed E-state index contributed by atoms with van der Waals surface area (Å²) in [6.45, 7) is 15.5. The maximum atomic E-state index is 11.5. The highest BCUT2D eigenvalue weighted by Gasteiger charge is 2.14. The van der Waals surface area contributed by atoms with Crippen molar-refractivity contribution < 1.29 is 4.79 Å². The second kappa shape index (κ2) is 10.6. The van der Waals surface area contributed by atoms with Crippen LogP contribution in [0, 0.1) is 0 Å². The number of rotatable bonds is 0. The molecule has 0 radical (unpaired) electrons. The van der Waals surface area contributed by atoms with E-state index >= 15 is 0 Å². The van der Waals surface area contributed by atoms with Crippen LogP contribution >= 0.6 is 0 Å². The fourth-order valence-corrected chi connectivity index (χ4v) is 4.04. The lowest BCUT2D eigenvalue weighted by Gasteiger charge is -2.10. The summed E-state index contributed by atoms with van der Waals surface area (Å²) in [5, 5.41) is 4.47. The van der Waals surface area contributed by atoms with E-state index < -0.39 is 0 Å². The number of carbonyl (C=O) groups excluding carboxylic acids is 1. The van der Waals surface area contributed by atoms with E-state index in [2.05, 4.69) is 80.9 Å². The molecule has 0 heterocycles. The lowest BCUT2D eigenvalue weighted by molar-refractivity contribution is 0.103. The second-order valence-electron chi connectivity index (χ2n) is 8.57. The Hall–Kier alpha value is -4.49. The van der Waals surface area contributed by atoms with Crippen LogP contribution in [0.1, 0.15) is 27.0 Å². The summed E-state index contributed by atoms with van der Waals surface area (Å²) in [5.74, 6) is 0.0353. The Morgan fingerprint density at radius 2 is 1.26 bits per heavy atom. The maximum Gasteiger partial charge on any atom is 0.193 e. The first-order chi connectivity index (χ1) is 16.9. The first kappa shape index (κ1) is 23.7. The SMILES string of the molecule is C=C1C=Cc2ccccc2C1.C=C1C=Cc2ccccc2C1=O.C=c1ccc2ccccc2c1=C. The molecular formula is C34H28O. The van der Waals surface area contributed by atoms with Gasteiger partial charge in [0.25, 0.3) is 0 Å². The second-order valence-corrected chi connectivity index (χ2v) is 8.57. The fourth-order valence-electron chi connectivity index (χ4n) is 4.04. The molecule has 0 fully saturated rings. The molecule has 0 bridgehead atoms. The highest BCUT2D eigenvalue weighted by Crippen LogP contribution is 2.21. The minimum atomic E-state index is 0.0353. The van der Waals surface area contributed by atoms with Gasteiger partial charge in [-0.2, -0.15) is 0 Å². The number of carbonyl (C=O) groups is 1. The van der Waals surface area contributed by atoms with Crippen LogP contribution in [-0.2, 0) is 6.42 Å². The summed E-state index contributed by atoms with van der Waals surface area (Å²) in [6, 6.07) is 28.3. The average Bonchev–Trinajstić information content (AvgIpc) is 2.89. The predicted molar refractivity (Wildman–Crippen MR) is 152 cm³/mol. The third-order valence-corrected chi connectivity index (χ3v) is 6.07. The van der Waals surface area contributed by atoms with Crippen LogP contribution in [0.4, 0.5) is 0 Å². The van der Waals surface area contributed by atoms with Gasteiger partial charge in [0.05, 0.1) is 0 Å². The molecule has 2 aliphatic rings. The normalized spacial score (nSPS) is 13.2. The molecule has 0 saturated carbocycles. The van der Waals surface area contributed by atoms with Crippen LogP contribution in [0.3, 0.4) is 0 Å². The smallest absolute Gasteiger partial charge is 0.193 e. The Kier molecular flexibility index (Phi) is 7.18. The van der Waals surface area contributed by atoms with Crippen LogP contribution in [0.2, 0.25) is 0 Å². The third-order valence-electron chi connectivity index (χ3n) is 6.07. The monoisotopic (exact) mass is 452 g/mol. The van der Waals surface area contributed by atoms with Crippen LogP contribution < -0.4 is 10.4 Å². The van der Waals surface area contributed by atoms with Crippen LogP contribution in [0.5, 0.6) is 0 Å². The number of fused-ring (bicyclic) bond motifs is 3. The number of hydrogen-bond donors (Lipinski definition) is 0. The van der Waals surface area contributed by atoms with E-state index in [0.717, 1.165) is 28.0 Å². The van der Waals surface area contributed by atoms with Crippen LogP contribution in [0.15, 0.2) is 121 Å². The van der Waals surface area contributed by atoms with E-state index in [1.807, 2.05) is 48.5 Å². The summed E-state index contributed by atoms with van der Waals surface area (Å²) in [7, 11) is 0. The summed E-state index contributed by atoms with van der Waals surface area (Å²) < 4.78 is 0. The Morgan fingerprint density at radius 3 is 2.09 bits per heavy atom. The minimum absolute atomic E-state index is 0.0353. The minimum Gasteiger partial charge on any atom is -0.289 e. The van der Waals surface area contributed by atoms with Crippen molar-refractivity contribution >= 4 is 41.9 Å². The van der Waals surface area contributed by atoms with E-state index in [4.69, 9.17) is 0 Å². The zero-order chi connectivity index (χ0) is 24.8. The fraction of sp³-hybridized carbons (Fsp3) is 0.0294. The van der Waals surface area contributed by atoms with E-state index in [9.17, 15) is 4.79 Å². The van der Waals surface area contributed by atoms with Gasteiger partial charge >= 0.3 is 0 Å². The number of allylic oxidation sites excluding steroid dienone is 4. The summed E-state index contributed by atoms with van der Waals surface area (Å²) in [4.78, 5) is 11.5. The quantitative estimate of drug-likeness (QED) is 0.265. The van der Waals surface area contributed by atoms with Crippen molar-refractivity contribution in [3.8, 4) is 0 Å². The number of Topliss-reactive ketones (excluding diaryl/α,β-unsaturated/α-hetero) is 1. The molecule has 4 aromatic carbocycles. The van der Waals surface area contributed by atoms with Gasteiger partial charge in [0, 0.05) is 11.1 Å². The molecule has 1 heteroatoms. The van der Waals surface area contributed by atoms with Crippen molar-refractivity contribution in [2.75, 3.05) is 0 Å². The van der Waals surface area contributed by atoms with Gasteiger partial charge in [0.15, 0.2) is 5.78 Å². The van der Waals surface area contributed by atoms with Gasteiger partial charge in [0.1, 0.15) is 0 Å². The van der Waals surface area contributed by atoms with Crippen molar-refractivity contribution in [3.05, 3.63) is 154 Å². The van der Waals surface area contributed by atoms with E-state index in [-0.39, 0.29) is 5.78 Å². The molecule has 0 aromatic heterocycles. The highest BCUT2D eigenvalue weighted by molar-refractivity contribution is 6.14. The highest BCUT2D eigenvalue weighted by atomic mass is 16.1. The first-order valence-corrected chi connectivity index (χ1v) is 11.5. The number of benzene rings is 4. The summed E-state index contributed by atoms with van der Waals surface area (Å²) in [6.07, 6.45) is 8.89. The van der Waals surface area contributed by atoms with Gasteiger partial charge in [-0.15, -0.1) is 0 Å². The molecule has 2 aliphatic carbocycles. The maximum absolute atomic E-state index is 11.5. The third kappa shape index (κ3) is 5.54. The lowest BCUT2D eigenvalue weighted by Crippen LogP contribution is -2.21. The molecule has 0 amide bonds. The van der Waals surface area contributed by atoms with E-state index in [0.29, 0.717) is 5.57 Å². The van der Waals surface area contributed by atoms with Crippen LogP contribution in [0.25, 0.3) is 36.1 Å². The molecule has 35 heavy (non-hydrogen) atoms. The molecule has 0 unspecified atom stereocenters. The predicted octanol–water partition coefficient (Wildman–Crippen LogP) is 6.92. The van der Waals surface area contributed by atoms with Crippen molar-refractivity contribution in [1.82, 2.24) is 0 Å². The molecule has 0 N–H and O–H groups in total. The van der Waals surface area contributed by atoms with E-state index in [1.165, 1.54) is 27.5 Å². The van der Waals surface area contributed by atoms with Crippen molar-refractivity contribution in [2.24, 2.45) is 0 Å². The zero-order valence-corrected chi connectivity index (χ0v) is 19.8. The van der Waals surface area contributed by atoms with Crippen molar-refractivity contribution in [2.45, 2.75) is 6.42 Å². The molecule has 0 spiro atoms. The Morgan fingerprint density at radius 1 is 0.600 bits per heavy atom. The molecule has 170 valence electrons. The molecule has 0 atom stereocenters. The van der Waals surface area contributed by atoms with Gasteiger partial charge in [-0.05, 0) is 44.3 Å². The molecule has 6 rings (SSSR count). The first-order valence-electron chi connectivity index (χ1n) is 11.5. The van der Waals surface area contributed by atoms with E-state index in [1.54, 1.807) is 6.08 Å². The molecule has 4 aromatic rings. The standard InChI is InChI=1S/C12H10.C11H8O.C11H10/c1-9-7-8-11-5-3-4-6-12(11)10(9)2;1-8-6-7-9-4-2-3-5-10(9)11(8)12;1-9-6-7-10-4-2-3-5-11(10)8-9/h3-8H,1-2H2;2-7H,1H2;2-7H,1,8H2. The Balaban J connectivity index is 0.000000124. The van der Waals surface area contributed by atoms with Crippen molar-refractivity contribution in [3.63, 3.8) is 0 Å². The number of hydrogen-bond acceptors (Lipinski definition) is 1. The Labute approximate surface area is 207 Å². The Bertz CT molecular complexity index is 1600. The van der Waals surface area contributed by atoms with Gasteiger partial charge in [-0.25, -0.2) is 0 Å².